The molecule has 0 unspecified atom stereocenters. The van der Waals surface area contributed by atoms with E-state index in [0.29, 0.717) is 0 Å². The summed E-state index contributed by atoms with van der Waals surface area (Å²) in [5.74, 6) is 0. The van der Waals surface area contributed by atoms with E-state index in [1.807, 2.05) is 0 Å². The Kier molecular flexibility index (Phi) is 26.4. The third-order valence-electron chi connectivity index (χ3n) is 16.2. The number of benzene rings is 12. The van der Waals surface area contributed by atoms with E-state index in [0.717, 1.165) is 0 Å². The molecule has 0 heterocycles. The molecule has 0 N–H and O–H groups in total. The molecule has 456 valence electrons. The summed E-state index contributed by atoms with van der Waals surface area (Å²) >= 11 is 3.29. The van der Waals surface area contributed by atoms with Gasteiger partial charge in [0.05, 0.1) is 0 Å². The molecule has 0 saturated carbocycles. The summed E-state index contributed by atoms with van der Waals surface area (Å²) in [6, 6.07) is 130. The molecule has 0 aliphatic rings. The molecule has 0 aliphatic carbocycles. The minimum absolute atomic E-state index is 0. The van der Waals surface area contributed by atoms with Gasteiger partial charge in [-0.15, -0.1) is 138 Å². The van der Waals surface area contributed by atoms with Gasteiger partial charge in [-0.3, -0.25) is 0 Å². The van der Waals surface area contributed by atoms with Gasteiger partial charge in [0.25, 0.3) is 0 Å². The molecule has 6 heteroatoms. The molecule has 0 nitrogen and oxygen atoms in total. The summed E-state index contributed by atoms with van der Waals surface area (Å²) in [5, 5.41) is 16.8. The number of hydrogen-bond acceptors (Lipinski definition) is 0. The summed E-state index contributed by atoms with van der Waals surface area (Å²) in [6.45, 7) is 8.59. The van der Waals surface area contributed by atoms with Crippen LogP contribution in [-0.4, -0.2) is 10.9 Å². The van der Waals surface area contributed by atoms with Crippen molar-refractivity contribution >= 4 is 74.7 Å². The molecule has 0 atom stereocenters. The summed E-state index contributed by atoms with van der Waals surface area (Å²) < 4.78 is 0. The van der Waals surface area contributed by atoms with Gasteiger partial charge in [-0.25, -0.2) is 0 Å². The van der Waals surface area contributed by atoms with Gasteiger partial charge in [-0.05, 0) is 22.3 Å². The Balaban J connectivity index is 0.000000132. The number of hydrogen-bond donors (Lipinski definition) is 0. The number of fused-ring (bicyclic) bond motifs is 4. The second-order valence-electron chi connectivity index (χ2n) is 23.0. The van der Waals surface area contributed by atoms with Gasteiger partial charge >= 0.3 is 200 Å². The van der Waals surface area contributed by atoms with Crippen LogP contribution in [0.4, 0.5) is 0 Å². The van der Waals surface area contributed by atoms with Crippen molar-refractivity contribution in [3.05, 3.63) is 386 Å². The Morgan fingerprint density at radius 1 is 0.213 bits per heavy atom. The predicted molar refractivity (Wildman–Crippen MR) is 395 cm³/mol. The van der Waals surface area contributed by atoms with Crippen molar-refractivity contribution in [1.29, 1.82) is 0 Å². The van der Waals surface area contributed by atoms with Crippen LogP contribution in [0.2, 0.25) is 0 Å². The topological polar surface area (TPSA) is 0 Å². The van der Waals surface area contributed by atoms with E-state index in [9.17, 15) is 0 Å². The number of halogens is 2. The maximum atomic E-state index is 2.26. The van der Waals surface area contributed by atoms with Crippen molar-refractivity contribution in [3.63, 3.8) is 0 Å². The van der Waals surface area contributed by atoms with Crippen molar-refractivity contribution < 1.29 is 71.5 Å². The summed E-state index contributed by atoms with van der Waals surface area (Å²) in [4.78, 5) is 0. The van der Waals surface area contributed by atoms with Crippen LogP contribution >= 0.6 is 0 Å². The first kappa shape index (κ1) is 70.2. The van der Waals surface area contributed by atoms with Crippen molar-refractivity contribution in [2.24, 2.45) is 0 Å². The molecule has 0 spiro atoms. The minimum atomic E-state index is -0.455. The zero-order valence-corrected chi connectivity index (χ0v) is 61.8. The summed E-state index contributed by atoms with van der Waals surface area (Å²) in [7, 11) is 0. The van der Waals surface area contributed by atoms with Crippen molar-refractivity contribution in [3.8, 4) is 44.5 Å². The van der Waals surface area contributed by atoms with Crippen LogP contribution in [0.3, 0.4) is 0 Å². The van der Waals surface area contributed by atoms with E-state index >= 15 is 0 Å². The number of rotatable bonds is 8. The molecule has 0 amide bonds. The fourth-order valence-corrected chi connectivity index (χ4v) is 19.5. The SMILES string of the molecule is Cc1cc2c(-c3ccccc3)cccc2[cH-]1.Cc1cc2c(-c3ccccc3)cccc2[cH-]1.Cc1cc2c(-c3ccccc3)cccc2[cH-]1.Cc1cc2c(-c3ccccc3)cccc2[cH-]1.[Cl-].[Cl-].[Zr+2]=[Si](c1ccccc1)c1ccccc1.[Zr+2]=[Si](c1ccccc1)c1ccccc1. The molecule has 16 aromatic rings. The second-order valence-corrected chi connectivity index (χ2v) is 34.2. The first-order chi connectivity index (χ1) is 45.1. The van der Waals surface area contributed by atoms with Gasteiger partial charge in [-0.2, -0.15) is 24.3 Å². The third-order valence-corrected chi connectivity index (χ3v) is 28.3. The van der Waals surface area contributed by atoms with Gasteiger partial charge < -0.3 is 24.8 Å². The van der Waals surface area contributed by atoms with Crippen molar-refractivity contribution in [1.82, 2.24) is 0 Å². The van der Waals surface area contributed by atoms with E-state index < -0.39 is 10.9 Å². The van der Waals surface area contributed by atoms with E-state index in [1.165, 1.54) is 131 Å². The average molecular weight is 1440 g/mol. The summed E-state index contributed by atoms with van der Waals surface area (Å²) in [5.41, 5.74) is 14.9. The monoisotopic (exact) mass is 1430 g/mol. The van der Waals surface area contributed by atoms with Gasteiger partial charge in [-0.1, -0.05) is 196 Å². The van der Waals surface area contributed by atoms with Crippen LogP contribution in [-0.2, 0) is 46.7 Å². The molecule has 0 radical (unpaired) electrons. The third kappa shape index (κ3) is 18.6. The first-order valence-corrected chi connectivity index (χ1v) is 41.8. The fraction of sp³-hybridized carbons (Fsp3) is 0.0455. The van der Waals surface area contributed by atoms with Gasteiger partial charge in [0, 0.05) is 0 Å². The van der Waals surface area contributed by atoms with Crippen LogP contribution in [0.5, 0.6) is 0 Å². The van der Waals surface area contributed by atoms with E-state index in [4.69, 9.17) is 0 Å². The molecule has 0 aromatic heterocycles. The van der Waals surface area contributed by atoms with Gasteiger partial charge in [0.15, 0.2) is 0 Å². The maximum absolute atomic E-state index is 2.26. The Bertz CT molecular complexity index is 4330. The van der Waals surface area contributed by atoms with E-state index in [2.05, 4.69) is 392 Å². The quantitative estimate of drug-likeness (QED) is 0.105. The van der Waals surface area contributed by atoms with E-state index in [1.54, 1.807) is 46.7 Å². The summed E-state index contributed by atoms with van der Waals surface area (Å²) in [6.07, 6.45) is 0. The van der Waals surface area contributed by atoms with E-state index in [-0.39, 0.29) is 24.8 Å². The zero-order chi connectivity index (χ0) is 63.4. The van der Waals surface area contributed by atoms with Gasteiger partial charge in [0.2, 0.25) is 0 Å². The normalized spacial score (nSPS) is 10.3. The fourth-order valence-electron chi connectivity index (χ4n) is 11.8. The second kappa shape index (κ2) is 35.4. The predicted octanol–water partition coefficient (Wildman–Crippen LogP) is 14.8. The molecule has 0 saturated heterocycles. The standard InChI is InChI=1S/4C16H13.2C12H10Si.2ClH.2Zr/c4*1-12-10-14-8-5-9-15(16(14)11-12)13-6-3-2-4-7-13;2*1-3-7-11(8-4-1)13-12-9-5-2-6-10-12;;;;/h4*2-11H,1H3;2*1-10H;2*1H;;/q4*-1;;;;;2*+2/p-2. The van der Waals surface area contributed by atoms with Gasteiger partial charge in [0.1, 0.15) is 0 Å². The molecular weight excluding hydrogens is 1370 g/mol. The molecule has 0 aliphatic heterocycles. The molecule has 16 aromatic carbocycles. The molecule has 16 rings (SSSR count). The molecule has 94 heavy (non-hydrogen) atoms. The van der Waals surface area contributed by atoms with Crippen molar-refractivity contribution in [2.75, 3.05) is 0 Å². The number of aryl methyl sites for hydroxylation is 4. The first-order valence-electron chi connectivity index (χ1n) is 31.4. The Morgan fingerprint density at radius 3 is 0.564 bits per heavy atom. The van der Waals surface area contributed by atoms with Crippen molar-refractivity contribution in [2.45, 2.75) is 27.7 Å². The Labute approximate surface area is 598 Å². The molecule has 0 fully saturated rings. The Hall–Kier alpha value is -8.14. The molecular formula is C88H72Cl2Si2Zr2-2. The molecule has 0 bridgehead atoms. The van der Waals surface area contributed by atoms with Crippen LogP contribution < -0.4 is 45.6 Å². The van der Waals surface area contributed by atoms with Crippen LogP contribution in [0, 0.1) is 27.7 Å². The Morgan fingerprint density at radius 2 is 0.383 bits per heavy atom. The van der Waals surface area contributed by atoms with Crippen LogP contribution in [0.25, 0.3) is 87.6 Å². The zero-order valence-electron chi connectivity index (χ0n) is 53.4. The van der Waals surface area contributed by atoms with Crippen LogP contribution in [0.15, 0.2) is 364 Å². The average Bonchev–Trinajstić information content (AvgIpc) is 1.67. The van der Waals surface area contributed by atoms with Crippen LogP contribution in [0.1, 0.15) is 22.3 Å².